The van der Waals surface area contributed by atoms with Crippen molar-refractivity contribution in [2.75, 3.05) is 39.3 Å². The van der Waals surface area contributed by atoms with Crippen LogP contribution in [0.15, 0.2) is 0 Å². The summed E-state index contributed by atoms with van der Waals surface area (Å²) in [4.78, 5) is 0. The fraction of sp³-hybridized carbons (Fsp3) is 1.00. The van der Waals surface area contributed by atoms with Crippen molar-refractivity contribution >= 4 is 10.2 Å². The molecule has 0 aromatic carbocycles. The van der Waals surface area contributed by atoms with Crippen LogP contribution in [0.1, 0.15) is 39.5 Å². The second-order valence-electron chi connectivity index (χ2n) is 5.12. The topological polar surface area (TPSA) is 70.7 Å². The Hall–Kier alpha value is -0.210. The summed E-state index contributed by atoms with van der Waals surface area (Å²) in [6.07, 6.45) is 3.93. The SMILES string of the molecule is CCCN(CCC)S(=O)(=O)NCCOC1CCNCC1. The predicted molar refractivity (Wildman–Crippen MR) is 80.9 cm³/mol. The molecule has 0 radical (unpaired) electrons. The third-order valence-corrected chi connectivity index (χ3v) is 4.93. The van der Waals surface area contributed by atoms with Crippen molar-refractivity contribution < 1.29 is 13.2 Å². The van der Waals surface area contributed by atoms with Gasteiger partial charge in [0.25, 0.3) is 10.2 Å². The maximum Gasteiger partial charge on any atom is 0.279 e. The smallest absolute Gasteiger partial charge is 0.279 e. The van der Waals surface area contributed by atoms with E-state index in [1.807, 2.05) is 13.8 Å². The lowest BCUT2D eigenvalue weighted by Crippen LogP contribution is -2.43. The van der Waals surface area contributed by atoms with Gasteiger partial charge in [-0.15, -0.1) is 0 Å². The summed E-state index contributed by atoms with van der Waals surface area (Å²) in [5, 5.41) is 3.27. The van der Waals surface area contributed by atoms with Gasteiger partial charge in [0.2, 0.25) is 0 Å². The summed E-state index contributed by atoms with van der Waals surface area (Å²) >= 11 is 0. The van der Waals surface area contributed by atoms with Gasteiger partial charge in [0, 0.05) is 19.6 Å². The minimum absolute atomic E-state index is 0.267. The molecule has 0 saturated carbocycles. The number of rotatable bonds is 10. The molecule has 1 aliphatic rings. The molecule has 1 heterocycles. The summed E-state index contributed by atoms with van der Waals surface area (Å²) in [6, 6.07) is 0. The Bertz CT molecular complexity index is 337. The Morgan fingerprint density at radius 1 is 1.20 bits per heavy atom. The highest BCUT2D eigenvalue weighted by Gasteiger charge is 2.20. The van der Waals surface area contributed by atoms with Crippen LogP contribution >= 0.6 is 0 Å². The van der Waals surface area contributed by atoms with Crippen LogP contribution in [-0.2, 0) is 14.9 Å². The van der Waals surface area contributed by atoms with E-state index in [-0.39, 0.29) is 6.10 Å². The van der Waals surface area contributed by atoms with Gasteiger partial charge in [-0.2, -0.15) is 17.4 Å². The molecule has 1 fully saturated rings. The third-order valence-electron chi connectivity index (χ3n) is 3.31. The van der Waals surface area contributed by atoms with Gasteiger partial charge in [0.15, 0.2) is 0 Å². The predicted octanol–water partition coefficient (Wildman–Crippen LogP) is 0.711. The Kier molecular flexibility index (Phi) is 8.63. The zero-order valence-electron chi connectivity index (χ0n) is 12.7. The molecule has 0 amide bonds. The first kappa shape index (κ1) is 17.8. The van der Waals surface area contributed by atoms with E-state index >= 15 is 0 Å². The van der Waals surface area contributed by atoms with Crippen molar-refractivity contribution in [3.63, 3.8) is 0 Å². The van der Waals surface area contributed by atoms with Gasteiger partial charge in [-0.3, -0.25) is 0 Å². The molecule has 1 aliphatic heterocycles. The summed E-state index contributed by atoms with van der Waals surface area (Å²) in [5.41, 5.74) is 0. The molecule has 120 valence electrons. The fourth-order valence-corrected chi connectivity index (χ4v) is 3.67. The fourth-order valence-electron chi connectivity index (χ4n) is 2.30. The van der Waals surface area contributed by atoms with E-state index in [2.05, 4.69) is 10.0 Å². The number of piperidine rings is 1. The van der Waals surface area contributed by atoms with Gasteiger partial charge in [-0.25, -0.2) is 0 Å². The largest absolute Gasteiger partial charge is 0.377 e. The van der Waals surface area contributed by atoms with Crippen LogP contribution in [0, 0.1) is 0 Å². The molecule has 0 aliphatic carbocycles. The summed E-state index contributed by atoms with van der Waals surface area (Å²) < 4.78 is 34.1. The number of nitrogens with one attached hydrogen (secondary N) is 2. The lowest BCUT2D eigenvalue weighted by atomic mass is 10.1. The zero-order chi connectivity index (χ0) is 14.8. The first-order valence-electron chi connectivity index (χ1n) is 7.67. The van der Waals surface area contributed by atoms with Crippen molar-refractivity contribution in [3.05, 3.63) is 0 Å². The molecule has 20 heavy (non-hydrogen) atoms. The van der Waals surface area contributed by atoms with E-state index in [4.69, 9.17) is 4.74 Å². The highest BCUT2D eigenvalue weighted by Crippen LogP contribution is 2.06. The van der Waals surface area contributed by atoms with Crippen LogP contribution in [0.3, 0.4) is 0 Å². The van der Waals surface area contributed by atoms with Crippen molar-refractivity contribution in [2.24, 2.45) is 0 Å². The third kappa shape index (κ3) is 6.49. The zero-order valence-corrected chi connectivity index (χ0v) is 13.5. The van der Waals surface area contributed by atoms with E-state index < -0.39 is 10.2 Å². The molecule has 0 unspecified atom stereocenters. The molecular formula is C13H29N3O3S. The second kappa shape index (κ2) is 9.68. The Morgan fingerprint density at radius 2 is 1.80 bits per heavy atom. The van der Waals surface area contributed by atoms with E-state index in [0.29, 0.717) is 26.2 Å². The van der Waals surface area contributed by atoms with E-state index in [0.717, 1.165) is 38.8 Å². The summed E-state index contributed by atoms with van der Waals surface area (Å²) in [5.74, 6) is 0. The van der Waals surface area contributed by atoms with Crippen LogP contribution in [-0.4, -0.2) is 58.2 Å². The molecule has 2 N–H and O–H groups in total. The van der Waals surface area contributed by atoms with Gasteiger partial charge < -0.3 is 10.1 Å². The van der Waals surface area contributed by atoms with Crippen LogP contribution in [0.5, 0.6) is 0 Å². The molecule has 0 aromatic heterocycles. The van der Waals surface area contributed by atoms with Gasteiger partial charge in [-0.05, 0) is 38.8 Å². The molecule has 6 nitrogen and oxygen atoms in total. The number of ether oxygens (including phenoxy) is 1. The first-order chi connectivity index (χ1) is 9.60. The molecule has 0 atom stereocenters. The molecule has 1 saturated heterocycles. The maximum absolute atomic E-state index is 12.1. The lowest BCUT2D eigenvalue weighted by Gasteiger charge is -2.24. The lowest BCUT2D eigenvalue weighted by molar-refractivity contribution is 0.0365. The van der Waals surface area contributed by atoms with Gasteiger partial charge in [0.1, 0.15) is 0 Å². The van der Waals surface area contributed by atoms with Crippen molar-refractivity contribution in [1.29, 1.82) is 0 Å². The monoisotopic (exact) mass is 307 g/mol. The van der Waals surface area contributed by atoms with Gasteiger partial charge in [0.05, 0.1) is 12.7 Å². The maximum atomic E-state index is 12.1. The van der Waals surface area contributed by atoms with Gasteiger partial charge in [-0.1, -0.05) is 13.8 Å². The Morgan fingerprint density at radius 3 is 2.35 bits per heavy atom. The minimum atomic E-state index is -3.36. The molecule has 0 aromatic rings. The molecular weight excluding hydrogens is 278 g/mol. The highest BCUT2D eigenvalue weighted by atomic mass is 32.2. The number of nitrogens with zero attached hydrogens (tertiary/aromatic N) is 1. The van der Waals surface area contributed by atoms with Crippen molar-refractivity contribution in [3.8, 4) is 0 Å². The van der Waals surface area contributed by atoms with E-state index in [1.165, 1.54) is 4.31 Å². The van der Waals surface area contributed by atoms with Gasteiger partial charge >= 0.3 is 0 Å². The van der Waals surface area contributed by atoms with Crippen molar-refractivity contribution in [2.45, 2.75) is 45.6 Å². The van der Waals surface area contributed by atoms with Crippen molar-refractivity contribution in [1.82, 2.24) is 14.3 Å². The number of hydrogen-bond donors (Lipinski definition) is 2. The molecule has 0 bridgehead atoms. The van der Waals surface area contributed by atoms with Crippen LogP contribution in [0.2, 0.25) is 0 Å². The quantitative estimate of drug-likeness (QED) is 0.583. The Balaban J connectivity index is 2.26. The average molecular weight is 307 g/mol. The number of hydrogen-bond acceptors (Lipinski definition) is 4. The molecule has 7 heteroatoms. The summed E-state index contributed by atoms with van der Waals surface area (Å²) in [7, 11) is -3.36. The van der Waals surface area contributed by atoms with Crippen LogP contribution < -0.4 is 10.0 Å². The van der Waals surface area contributed by atoms with E-state index in [1.54, 1.807) is 0 Å². The normalized spacial score (nSPS) is 17.8. The molecule has 0 spiro atoms. The second-order valence-corrected chi connectivity index (χ2v) is 6.87. The minimum Gasteiger partial charge on any atom is -0.377 e. The Labute approximate surface area is 123 Å². The van der Waals surface area contributed by atoms with E-state index in [9.17, 15) is 8.42 Å². The standard InChI is InChI=1S/C13H29N3O3S/c1-3-10-16(11-4-2)20(17,18)15-9-12-19-13-5-7-14-8-6-13/h13-15H,3-12H2,1-2H3. The first-order valence-corrected chi connectivity index (χ1v) is 9.11. The average Bonchev–Trinajstić information content (AvgIpc) is 2.44. The van der Waals surface area contributed by atoms with Crippen LogP contribution in [0.25, 0.3) is 0 Å². The van der Waals surface area contributed by atoms with Crippen LogP contribution in [0.4, 0.5) is 0 Å². The molecule has 1 rings (SSSR count). The highest BCUT2D eigenvalue weighted by molar-refractivity contribution is 7.87. The summed E-state index contributed by atoms with van der Waals surface area (Å²) in [6.45, 7) is 7.86.